The second-order valence-corrected chi connectivity index (χ2v) is 5.27. The Morgan fingerprint density at radius 1 is 1.48 bits per heavy atom. The molecule has 0 bridgehead atoms. The fourth-order valence-electron chi connectivity index (χ4n) is 2.44. The molecule has 0 aromatic carbocycles. The monoisotopic (exact) mass is 326 g/mol. The van der Waals surface area contributed by atoms with Crippen LogP contribution >= 0.6 is 0 Å². The highest BCUT2D eigenvalue weighted by Crippen LogP contribution is 2.33. The number of nitro groups is 1. The van der Waals surface area contributed by atoms with Gasteiger partial charge in [-0.25, -0.2) is 0 Å². The van der Waals surface area contributed by atoms with Crippen LogP contribution in [0.25, 0.3) is 0 Å². The molecule has 0 amide bonds. The molecule has 1 aliphatic heterocycles. The van der Waals surface area contributed by atoms with E-state index in [1.54, 1.807) is 4.90 Å². The summed E-state index contributed by atoms with van der Waals surface area (Å²) in [5, 5.41) is 22.5. The summed E-state index contributed by atoms with van der Waals surface area (Å²) in [6.45, 7) is 4.08. The number of nitrogens with two attached hydrogens (primary N) is 1. The van der Waals surface area contributed by atoms with Crippen LogP contribution in [0, 0.1) is 10.1 Å². The number of nitrogens with zero attached hydrogens (tertiary/aromatic N) is 4. The Morgan fingerprint density at radius 2 is 2.09 bits per heavy atom. The fraction of sp³-hybridized carbons (Fsp3) is 0.583. The second kappa shape index (κ2) is 6.60. The SMILES string of the molecule is C[C@H]1CN(c2nc(NCC(=O)O)nc(N)c2[N+](=O)[O-])C[C@H](C)O1. The minimum atomic E-state index is -1.11. The molecule has 0 radical (unpaired) electrons. The number of nitrogen functional groups attached to an aromatic ring is 1. The Kier molecular flexibility index (Phi) is 4.79. The molecular formula is C12H18N6O5. The molecule has 1 aliphatic rings. The number of hydrogen-bond acceptors (Lipinski definition) is 9. The molecule has 2 heterocycles. The van der Waals surface area contributed by atoms with Crippen LogP contribution in [0.15, 0.2) is 0 Å². The van der Waals surface area contributed by atoms with E-state index >= 15 is 0 Å². The van der Waals surface area contributed by atoms with Crippen molar-refractivity contribution in [3.63, 3.8) is 0 Å². The van der Waals surface area contributed by atoms with E-state index in [4.69, 9.17) is 15.6 Å². The molecule has 11 nitrogen and oxygen atoms in total. The number of ether oxygens (including phenoxy) is 1. The molecule has 0 spiro atoms. The molecule has 2 atom stereocenters. The third-order valence-corrected chi connectivity index (χ3v) is 3.19. The Balaban J connectivity index is 2.41. The molecule has 23 heavy (non-hydrogen) atoms. The standard InChI is InChI=1S/C12H18N6O5/c1-6-4-17(5-7(2)23-6)11-9(18(21)22)10(13)15-12(16-11)14-3-8(19)20/h6-7H,3-5H2,1-2H3,(H,19,20)(H3,13,14,15,16)/t6-,7-/m0/s1. The highest BCUT2D eigenvalue weighted by Gasteiger charge is 2.32. The number of carbonyl (C=O) groups is 1. The molecule has 126 valence electrons. The van der Waals surface area contributed by atoms with E-state index in [-0.39, 0.29) is 29.8 Å². The predicted molar refractivity (Wildman–Crippen MR) is 81.4 cm³/mol. The number of morpholine rings is 1. The van der Waals surface area contributed by atoms with Crippen LogP contribution < -0.4 is 16.0 Å². The van der Waals surface area contributed by atoms with Crippen molar-refractivity contribution in [3.8, 4) is 0 Å². The Labute approximate surface area is 131 Å². The maximum Gasteiger partial charge on any atom is 0.353 e. The number of carboxylic acid groups (broad SMARTS) is 1. The second-order valence-electron chi connectivity index (χ2n) is 5.27. The Hall–Kier alpha value is -2.69. The van der Waals surface area contributed by atoms with Crippen LogP contribution in [0.3, 0.4) is 0 Å². The molecular weight excluding hydrogens is 308 g/mol. The van der Waals surface area contributed by atoms with Crippen molar-refractivity contribution in [2.75, 3.05) is 35.6 Å². The van der Waals surface area contributed by atoms with Gasteiger partial charge in [-0.3, -0.25) is 14.9 Å². The first-order valence-corrected chi connectivity index (χ1v) is 6.96. The van der Waals surface area contributed by atoms with Gasteiger partial charge in [0.05, 0.1) is 17.1 Å². The lowest BCUT2D eigenvalue weighted by Crippen LogP contribution is -2.46. The van der Waals surface area contributed by atoms with E-state index in [0.29, 0.717) is 13.1 Å². The summed E-state index contributed by atoms with van der Waals surface area (Å²) in [5.74, 6) is -1.45. The van der Waals surface area contributed by atoms with Crippen molar-refractivity contribution in [2.45, 2.75) is 26.1 Å². The van der Waals surface area contributed by atoms with Crippen LogP contribution in [0.5, 0.6) is 0 Å². The minimum absolute atomic E-state index is 0.0531. The number of aliphatic carboxylic acids is 1. The maximum absolute atomic E-state index is 11.3. The number of rotatable bonds is 5. The lowest BCUT2D eigenvalue weighted by Gasteiger charge is -2.35. The van der Waals surface area contributed by atoms with Crippen LogP contribution in [-0.2, 0) is 9.53 Å². The Morgan fingerprint density at radius 3 is 2.61 bits per heavy atom. The average molecular weight is 326 g/mol. The molecule has 4 N–H and O–H groups in total. The summed E-state index contributed by atoms with van der Waals surface area (Å²) < 4.78 is 5.60. The Bertz CT molecular complexity index is 614. The van der Waals surface area contributed by atoms with Gasteiger partial charge in [-0.1, -0.05) is 0 Å². The van der Waals surface area contributed by atoms with E-state index in [1.165, 1.54) is 0 Å². The third-order valence-electron chi connectivity index (χ3n) is 3.19. The van der Waals surface area contributed by atoms with Gasteiger partial charge >= 0.3 is 11.7 Å². The maximum atomic E-state index is 11.3. The van der Waals surface area contributed by atoms with Crippen molar-refractivity contribution >= 4 is 29.2 Å². The van der Waals surface area contributed by atoms with Gasteiger partial charge in [-0.05, 0) is 13.8 Å². The molecule has 11 heteroatoms. The van der Waals surface area contributed by atoms with Crippen molar-refractivity contribution < 1.29 is 19.6 Å². The van der Waals surface area contributed by atoms with Crippen molar-refractivity contribution in [3.05, 3.63) is 10.1 Å². The van der Waals surface area contributed by atoms with E-state index in [1.807, 2.05) is 13.8 Å². The topological polar surface area (TPSA) is 157 Å². The van der Waals surface area contributed by atoms with Crippen LogP contribution in [-0.4, -0.2) is 57.8 Å². The molecule has 1 aromatic rings. The first-order chi connectivity index (χ1) is 10.8. The van der Waals surface area contributed by atoms with Crippen LogP contribution in [0.2, 0.25) is 0 Å². The number of aromatic nitrogens is 2. The normalized spacial score (nSPS) is 21.0. The van der Waals surface area contributed by atoms with Gasteiger partial charge in [-0.15, -0.1) is 0 Å². The lowest BCUT2D eigenvalue weighted by atomic mass is 10.2. The van der Waals surface area contributed by atoms with Crippen LogP contribution in [0.4, 0.5) is 23.3 Å². The average Bonchev–Trinajstić information content (AvgIpc) is 2.42. The molecule has 1 fully saturated rings. The molecule has 0 unspecified atom stereocenters. The summed E-state index contributed by atoms with van der Waals surface area (Å²) in [5.41, 5.74) is 5.27. The fourth-order valence-corrected chi connectivity index (χ4v) is 2.44. The zero-order chi connectivity index (χ0) is 17.1. The molecule has 0 aliphatic carbocycles. The quantitative estimate of drug-likeness (QED) is 0.499. The van der Waals surface area contributed by atoms with E-state index in [0.717, 1.165) is 0 Å². The van der Waals surface area contributed by atoms with Crippen molar-refractivity contribution in [2.24, 2.45) is 0 Å². The minimum Gasteiger partial charge on any atom is -0.480 e. The summed E-state index contributed by atoms with van der Waals surface area (Å²) in [6, 6.07) is 0. The summed E-state index contributed by atoms with van der Waals surface area (Å²) in [4.78, 5) is 30.8. The predicted octanol–water partition coefficient (Wildman–Crippen LogP) is 0.0771. The van der Waals surface area contributed by atoms with Crippen molar-refractivity contribution in [1.82, 2.24) is 9.97 Å². The zero-order valence-electron chi connectivity index (χ0n) is 12.7. The third kappa shape index (κ3) is 3.94. The van der Waals surface area contributed by atoms with Gasteiger partial charge in [0.2, 0.25) is 17.6 Å². The van der Waals surface area contributed by atoms with E-state index in [9.17, 15) is 14.9 Å². The lowest BCUT2D eigenvalue weighted by molar-refractivity contribution is -0.383. The highest BCUT2D eigenvalue weighted by atomic mass is 16.6. The molecule has 2 rings (SSSR count). The highest BCUT2D eigenvalue weighted by molar-refractivity contribution is 5.74. The first-order valence-electron chi connectivity index (χ1n) is 6.96. The largest absolute Gasteiger partial charge is 0.480 e. The van der Waals surface area contributed by atoms with Gasteiger partial charge in [0.15, 0.2) is 0 Å². The van der Waals surface area contributed by atoms with E-state index < -0.39 is 23.1 Å². The number of anilines is 3. The molecule has 0 saturated carbocycles. The first kappa shape index (κ1) is 16.7. The van der Waals surface area contributed by atoms with E-state index in [2.05, 4.69) is 15.3 Å². The molecule has 1 saturated heterocycles. The zero-order valence-corrected chi connectivity index (χ0v) is 12.7. The van der Waals surface area contributed by atoms with Gasteiger partial charge in [-0.2, -0.15) is 9.97 Å². The van der Waals surface area contributed by atoms with Crippen LogP contribution in [0.1, 0.15) is 13.8 Å². The summed E-state index contributed by atoms with van der Waals surface area (Å²) >= 11 is 0. The summed E-state index contributed by atoms with van der Waals surface area (Å²) in [6.07, 6.45) is -0.269. The molecule has 1 aromatic heterocycles. The smallest absolute Gasteiger partial charge is 0.353 e. The number of carboxylic acids is 1. The van der Waals surface area contributed by atoms with Gasteiger partial charge < -0.3 is 25.8 Å². The van der Waals surface area contributed by atoms with Gasteiger partial charge in [0.1, 0.15) is 6.54 Å². The van der Waals surface area contributed by atoms with Gasteiger partial charge in [0.25, 0.3) is 0 Å². The van der Waals surface area contributed by atoms with Crippen molar-refractivity contribution in [1.29, 1.82) is 0 Å². The summed E-state index contributed by atoms with van der Waals surface area (Å²) in [7, 11) is 0. The van der Waals surface area contributed by atoms with Gasteiger partial charge in [0, 0.05) is 13.1 Å². The number of hydrogen-bond donors (Lipinski definition) is 3. The number of nitrogens with one attached hydrogen (secondary N) is 1.